The lowest BCUT2D eigenvalue weighted by molar-refractivity contribution is 0.191. The Hall–Kier alpha value is -1.67. The molecule has 1 aromatic rings. The fourth-order valence-corrected chi connectivity index (χ4v) is 4.01. The topological polar surface area (TPSA) is 56.6 Å². The molecule has 8 heteroatoms. The number of halogens is 2. The molecule has 0 spiro atoms. The van der Waals surface area contributed by atoms with Gasteiger partial charge in [0.1, 0.15) is 5.69 Å². The van der Waals surface area contributed by atoms with Crippen molar-refractivity contribution in [3.63, 3.8) is 0 Å². The van der Waals surface area contributed by atoms with Crippen LogP contribution >= 0.6 is 12.2 Å². The van der Waals surface area contributed by atoms with Crippen molar-refractivity contribution in [2.45, 2.75) is 32.1 Å². The average Bonchev–Trinajstić information content (AvgIpc) is 2.62. The molecule has 0 bridgehead atoms. The van der Waals surface area contributed by atoms with E-state index in [1.165, 1.54) is 44.2 Å². The van der Waals surface area contributed by atoms with Gasteiger partial charge in [-0.25, -0.2) is 8.78 Å². The van der Waals surface area contributed by atoms with E-state index >= 15 is 0 Å². The van der Waals surface area contributed by atoms with Crippen molar-refractivity contribution in [2.24, 2.45) is 11.7 Å². The number of thiocarbonyl (C=S) groups is 1. The van der Waals surface area contributed by atoms with E-state index in [9.17, 15) is 8.78 Å². The minimum absolute atomic E-state index is 0.00369. The summed E-state index contributed by atoms with van der Waals surface area (Å²) in [4.78, 5) is 4.23. The van der Waals surface area contributed by atoms with Gasteiger partial charge in [0.25, 0.3) is 0 Å². The maximum absolute atomic E-state index is 14.5. The van der Waals surface area contributed by atoms with Crippen LogP contribution in [-0.4, -0.2) is 42.7 Å². The highest BCUT2D eigenvalue weighted by Gasteiger charge is 2.25. The van der Waals surface area contributed by atoms with Gasteiger partial charge in [0.2, 0.25) is 0 Å². The molecule has 0 aromatic heterocycles. The summed E-state index contributed by atoms with van der Waals surface area (Å²) < 4.78 is 28.9. The fourth-order valence-electron chi connectivity index (χ4n) is 3.96. The standard InChI is InChI=1S/C18H27F2N5S/c19-15-10-14(22-23-18(21)26)11-16(20)17(15)25-8-6-24(7-9-25)12-13-4-2-1-3-5-13/h10-11,13,22H,1-9,12H2,(H3,21,23,26). The van der Waals surface area contributed by atoms with Crippen LogP contribution in [0.1, 0.15) is 32.1 Å². The molecular formula is C18H27F2N5S. The minimum atomic E-state index is -0.585. The molecule has 2 fully saturated rings. The minimum Gasteiger partial charge on any atom is -0.375 e. The number of benzene rings is 1. The Balaban J connectivity index is 1.57. The van der Waals surface area contributed by atoms with Gasteiger partial charge < -0.3 is 10.6 Å². The molecule has 26 heavy (non-hydrogen) atoms. The first kappa shape index (κ1) is 19.1. The summed E-state index contributed by atoms with van der Waals surface area (Å²) in [6.07, 6.45) is 6.67. The number of nitrogens with two attached hydrogens (primary N) is 1. The normalized spacial score (nSPS) is 19.4. The first-order valence-corrected chi connectivity index (χ1v) is 9.71. The van der Waals surface area contributed by atoms with Crippen molar-refractivity contribution in [3.8, 4) is 0 Å². The molecule has 2 aliphatic rings. The number of anilines is 2. The van der Waals surface area contributed by atoms with Crippen LogP contribution in [0.15, 0.2) is 12.1 Å². The molecule has 0 radical (unpaired) electrons. The zero-order chi connectivity index (χ0) is 18.5. The summed E-state index contributed by atoms with van der Waals surface area (Å²) in [6.45, 7) is 4.08. The van der Waals surface area contributed by atoms with Crippen LogP contribution in [-0.2, 0) is 0 Å². The van der Waals surface area contributed by atoms with E-state index in [0.29, 0.717) is 13.1 Å². The molecule has 0 atom stereocenters. The maximum atomic E-state index is 14.5. The Bertz CT molecular complexity index is 605. The van der Waals surface area contributed by atoms with Crippen LogP contribution < -0.4 is 21.5 Å². The largest absolute Gasteiger partial charge is 0.375 e. The number of nitrogens with one attached hydrogen (secondary N) is 2. The monoisotopic (exact) mass is 383 g/mol. The number of hydrazine groups is 1. The van der Waals surface area contributed by atoms with Gasteiger partial charge in [-0.15, -0.1) is 0 Å². The Morgan fingerprint density at radius 1 is 1.08 bits per heavy atom. The van der Waals surface area contributed by atoms with E-state index < -0.39 is 11.6 Å². The number of rotatable bonds is 5. The molecule has 1 heterocycles. The Labute approximate surface area is 158 Å². The Morgan fingerprint density at radius 3 is 2.27 bits per heavy atom. The van der Waals surface area contributed by atoms with Gasteiger partial charge in [0, 0.05) is 44.9 Å². The quantitative estimate of drug-likeness (QED) is 0.537. The number of piperazine rings is 1. The van der Waals surface area contributed by atoms with Crippen LogP contribution in [0.25, 0.3) is 0 Å². The van der Waals surface area contributed by atoms with Crippen molar-refractivity contribution in [1.82, 2.24) is 10.3 Å². The van der Waals surface area contributed by atoms with Crippen LogP contribution in [0.4, 0.5) is 20.2 Å². The summed E-state index contributed by atoms with van der Waals surface area (Å²) in [5.41, 5.74) is 10.6. The molecule has 1 aromatic carbocycles. The highest BCUT2D eigenvalue weighted by molar-refractivity contribution is 7.80. The molecule has 4 N–H and O–H groups in total. The predicted octanol–water partition coefficient (Wildman–Crippen LogP) is 2.83. The molecule has 5 nitrogen and oxygen atoms in total. The van der Waals surface area contributed by atoms with Crippen LogP contribution in [0.3, 0.4) is 0 Å². The first-order chi connectivity index (χ1) is 12.5. The lowest BCUT2D eigenvalue weighted by Gasteiger charge is -2.38. The molecule has 1 saturated heterocycles. The van der Waals surface area contributed by atoms with Crippen LogP contribution in [0.5, 0.6) is 0 Å². The maximum Gasteiger partial charge on any atom is 0.182 e. The molecular weight excluding hydrogens is 356 g/mol. The van der Waals surface area contributed by atoms with Crippen molar-refractivity contribution >= 4 is 28.7 Å². The summed E-state index contributed by atoms with van der Waals surface area (Å²) in [5, 5.41) is 0.00369. The summed E-state index contributed by atoms with van der Waals surface area (Å²) in [6, 6.07) is 2.50. The second kappa shape index (κ2) is 8.81. The van der Waals surface area contributed by atoms with Crippen molar-refractivity contribution < 1.29 is 8.78 Å². The highest BCUT2D eigenvalue weighted by Crippen LogP contribution is 2.29. The van der Waals surface area contributed by atoms with Crippen molar-refractivity contribution in [3.05, 3.63) is 23.8 Å². The Morgan fingerprint density at radius 2 is 1.69 bits per heavy atom. The van der Waals surface area contributed by atoms with Crippen LogP contribution in [0.2, 0.25) is 0 Å². The van der Waals surface area contributed by atoms with Crippen molar-refractivity contribution in [2.75, 3.05) is 43.0 Å². The lowest BCUT2D eigenvalue weighted by atomic mass is 9.89. The number of nitrogens with zero attached hydrogens (tertiary/aromatic N) is 2. The van der Waals surface area contributed by atoms with Gasteiger partial charge >= 0.3 is 0 Å². The Kier molecular flexibility index (Phi) is 6.48. The third kappa shape index (κ3) is 4.94. The van der Waals surface area contributed by atoms with E-state index in [1.54, 1.807) is 4.90 Å². The number of hydrogen-bond acceptors (Lipinski definition) is 4. The highest BCUT2D eigenvalue weighted by atomic mass is 32.1. The molecule has 144 valence electrons. The zero-order valence-corrected chi connectivity index (χ0v) is 15.8. The summed E-state index contributed by atoms with van der Waals surface area (Å²) in [5.74, 6) is -0.383. The predicted molar refractivity (Wildman–Crippen MR) is 105 cm³/mol. The van der Waals surface area contributed by atoms with Gasteiger partial charge in [-0.2, -0.15) is 0 Å². The first-order valence-electron chi connectivity index (χ1n) is 9.30. The van der Waals surface area contributed by atoms with E-state index in [0.717, 1.165) is 25.6 Å². The molecule has 3 rings (SSSR count). The molecule has 0 amide bonds. The fraction of sp³-hybridized carbons (Fsp3) is 0.611. The van der Waals surface area contributed by atoms with Crippen LogP contribution in [0, 0.1) is 17.6 Å². The van der Waals surface area contributed by atoms with Gasteiger partial charge in [-0.05, 0) is 31.0 Å². The molecule has 1 aliphatic carbocycles. The van der Waals surface area contributed by atoms with Gasteiger partial charge in [-0.3, -0.25) is 15.8 Å². The van der Waals surface area contributed by atoms with E-state index in [1.807, 2.05) is 0 Å². The summed E-state index contributed by atoms with van der Waals surface area (Å²) in [7, 11) is 0. The summed E-state index contributed by atoms with van der Waals surface area (Å²) >= 11 is 4.66. The smallest absolute Gasteiger partial charge is 0.182 e. The zero-order valence-electron chi connectivity index (χ0n) is 14.9. The van der Waals surface area contributed by atoms with Gasteiger partial charge in [-0.1, -0.05) is 19.3 Å². The second-order valence-electron chi connectivity index (χ2n) is 7.19. The van der Waals surface area contributed by atoms with Gasteiger partial charge in [0.05, 0.1) is 5.69 Å². The van der Waals surface area contributed by atoms with E-state index in [2.05, 4.69) is 28.0 Å². The third-order valence-electron chi connectivity index (χ3n) is 5.28. The second-order valence-corrected chi connectivity index (χ2v) is 7.63. The average molecular weight is 384 g/mol. The molecule has 1 aliphatic heterocycles. The molecule has 1 saturated carbocycles. The third-order valence-corrected chi connectivity index (χ3v) is 5.38. The van der Waals surface area contributed by atoms with Gasteiger partial charge in [0.15, 0.2) is 16.7 Å². The van der Waals surface area contributed by atoms with E-state index in [-0.39, 0.29) is 16.5 Å². The van der Waals surface area contributed by atoms with Crippen molar-refractivity contribution in [1.29, 1.82) is 0 Å². The van der Waals surface area contributed by atoms with E-state index in [4.69, 9.17) is 5.73 Å². The molecule has 0 unspecified atom stereocenters. The lowest BCUT2D eigenvalue weighted by Crippen LogP contribution is -2.48. The number of hydrogen-bond donors (Lipinski definition) is 3. The SMILES string of the molecule is NC(=S)NNc1cc(F)c(N2CCN(CC3CCCCC3)CC2)c(F)c1.